The number of rotatable bonds is 3. The maximum atomic E-state index is 12.4. The molecule has 6 nitrogen and oxygen atoms in total. The number of nitrogens with zero attached hydrogens (tertiary/aromatic N) is 2. The largest absolute Gasteiger partial charge is 0.428 e. The second kappa shape index (κ2) is 6.74. The van der Waals surface area contributed by atoms with Gasteiger partial charge in [0, 0.05) is 7.05 Å². The summed E-state index contributed by atoms with van der Waals surface area (Å²) in [5, 5.41) is 0.511. The Labute approximate surface area is 153 Å². The number of ether oxygens (including phenoxy) is 1. The number of amides is 3. The lowest BCUT2D eigenvalue weighted by atomic mass is 10.2. The standard InChI is InChI=1S/C17H12Cl2N2O4/c1-20-14(22)15(25-16(23)10-5-3-2-4-6-10)21(17(20)24)11-7-8-12(18)13(19)9-11/h2-9,15H,1H3/t15-/m0/s1. The maximum absolute atomic E-state index is 12.4. The first-order valence-corrected chi connectivity index (χ1v) is 7.97. The molecule has 0 aliphatic carbocycles. The third-order valence-corrected chi connectivity index (χ3v) is 4.42. The zero-order valence-electron chi connectivity index (χ0n) is 13.0. The number of halogens is 2. The molecule has 0 N–H and O–H groups in total. The van der Waals surface area contributed by atoms with Crippen LogP contribution in [-0.4, -0.2) is 36.1 Å². The van der Waals surface area contributed by atoms with Gasteiger partial charge in [-0.05, 0) is 30.3 Å². The molecule has 2 aromatic carbocycles. The molecule has 0 aromatic heterocycles. The Balaban J connectivity index is 1.94. The molecule has 0 spiro atoms. The van der Waals surface area contributed by atoms with Crippen LogP contribution in [0.3, 0.4) is 0 Å². The van der Waals surface area contributed by atoms with Gasteiger partial charge in [-0.3, -0.25) is 9.69 Å². The summed E-state index contributed by atoms with van der Waals surface area (Å²) in [4.78, 5) is 39.0. The summed E-state index contributed by atoms with van der Waals surface area (Å²) in [6.07, 6.45) is -1.41. The van der Waals surface area contributed by atoms with E-state index >= 15 is 0 Å². The van der Waals surface area contributed by atoms with E-state index in [-0.39, 0.29) is 10.6 Å². The molecule has 0 saturated carbocycles. The fraction of sp³-hybridized carbons (Fsp3) is 0.118. The van der Waals surface area contributed by atoms with E-state index in [0.29, 0.717) is 10.7 Å². The molecule has 1 fully saturated rings. The third kappa shape index (κ3) is 3.18. The Morgan fingerprint density at radius 2 is 1.72 bits per heavy atom. The number of hydrogen-bond acceptors (Lipinski definition) is 4. The fourth-order valence-electron chi connectivity index (χ4n) is 2.36. The molecule has 0 radical (unpaired) electrons. The second-order valence-corrected chi connectivity index (χ2v) is 6.09. The number of carbonyl (C=O) groups excluding carboxylic acids is 3. The lowest BCUT2D eigenvalue weighted by molar-refractivity contribution is -0.132. The van der Waals surface area contributed by atoms with Crippen LogP contribution in [-0.2, 0) is 9.53 Å². The Hall–Kier alpha value is -2.57. The minimum atomic E-state index is -1.41. The van der Waals surface area contributed by atoms with Crippen LogP contribution in [0.15, 0.2) is 48.5 Å². The Kier molecular flexibility index (Phi) is 4.65. The SMILES string of the molecule is CN1C(=O)[C@H](OC(=O)c2ccccc2)N(c2ccc(Cl)c(Cl)c2)C1=O. The number of likely N-dealkylation sites (N-methyl/N-ethyl adjacent to an activating group) is 1. The highest BCUT2D eigenvalue weighted by Gasteiger charge is 2.47. The van der Waals surface area contributed by atoms with Crippen molar-refractivity contribution in [1.29, 1.82) is 0 Å². The van der Waals surface area contributed by atoms with Crippen LogP contribution in [0.2, 0.25) is 10.0 Å². The van der Waals surface area contributed by atoms with E-state index in [1.165, 1.54) is 25.2 Å². The van der Waals surface area contributed by atoms with Crippen molar-refractivity contribution in [3.63, 3.8) is 0 Å². The number of esters is 1. The first kappa shape index (κ1) is 17.3. The first-order chi connectivity index (χ1) is 11.9. The summed E-state index contributed by atoms with van der Waals surface area (Å²) < 4.78 is 5.29. The smallest absolute Gasteiger partial charge is 0.340 e. The fourth-order valence-corrected chi connectivity index (χ4v) is 2.65. The van der Waals surface area contributed by atoms with Gasteiger partial charge in [-0.25, -0.2) is 14.5 Å². The van der Waals surface area contributed by atoms with Crippen molar-refractivity contribution in [1.82, 2.24) is 4.90 Å². The highest BCUT2D eigenvalue weighted by atomic mass is 35.5. The number of anilines is 1. The highest BCUT2D eigenvalue weighted by molar-refractivity contribution is 6.42. The summed E-state index contributed by atoms with van der Waals surface area (Å²) in [5.41, 5.74) is 0.564. The van der Waals surface area contributed by atoms with Gasteiger partial charge in [0.15, 0.2) is 0 Å². The van der Waals surface area contributed by atoms with Crippen molar-refractivity contribution in [2.45, 2.75) is 6.23 Å². The van der Waals surface area contributed by atoms with Crippen LogP contribution in [0.1, 0.15) is 10.4 Å². The summed E-state index contributed by atoms with van der Waals surface area (Å²) in [7, 11) is 1.31. The van der Waals surface area contributed by atoms with E-state index < -0.39 is 24.1 Å². The predicted molar refractivity (Wildman–Crippen MR) is 92.8 cm³/mol. The van der Waals surface area contributed by atoms with Gasteiger partial charge >= 0.3 is 12.0 Å². The van der Waals surface area contributed by atoms with Gasteiger partial charge in [0.1, 0.15) is 0 Å². The van der Waals surface area contributed by atoms with Crippen molar-refractivity contribution in [2.75, 3.05) is 11.9 Å². The quantitative estimate of drug-likeness (QED) is 0.604. The number of hydrogen-bond donors (Lipinski definition) is 0. The predicted octanol–water partition coefficient (Wildman–Crippen LogP) is 3.57. The van der Waals surface area contributed by atoms with Gasteiger partial charge in [-0.15, -0.1) is 0 Å². The van der Waals surface area contributed by atoms with Crippen molar-refractivity contribution in [2.24, 2.45) is 0 Å². The zero-order chi connectivity index (χ0) is 18.1. The minimum Gasteiger partial charge on any atom is -0.428 e. The minimum absolute atomic E-state index is 0.210. The lowest BCUT2D eigenvalue weighted by Gasteiger charge is -2.22. The number of benzene rings is 2. The third-order valence-electron chi connectivity index (χ3n) is 3.68. The average molecular weight is 379 g/mol. The van der Waals surface area contributed by atoms with E-state index in [0.717, 1.165) is 9.80 Å². The molecule has 2 aromatic rings. The second-order valence-electron chi connectivity index (χ2n) is 5.27. The number of urea groups is 1. The Morgan fingerprint density at radius 1 is 1.04 bits per heavy atom. The Bertz CT molecular complexity index is 857. The molecule has 8 heteroatoms. The summed E-state index contributed by atoms with van der Waals surface area (Å²) in [6.45, 7) is 0. The van der Waals surface area contributed by atoms with E-state index in [4.69, 9.17) is 27.9 Å². The molecule has 1 saturated heterocycles. The van der Waals surface area contributed by atoms with Crippen molar-refractivity contribution in [3.05, 3.63) is 64.1 Å². The number of imide groups is 1. The molecule has 3 rings (SSSR count). The summed E-state index contributed by atoms with van der Waals surface area (Å²) >= 11 is 11.9. The van der Waals surface area contributed by atoms with E-state index in [1.54, 1.807) is 30.3 Å². The summed E-state index contributed by atoms with van der Waals surface area (Å²) in [5.74, 6) is -1.37. The summed E-state index contributed by atoms with van der Waals surface area (Å²) in [6, 6.07) is 12.0. The van der Waals surface area contributed by atoms with Crippen LogP contribution < -0.4 is 4.90 Å². The molecule has 3 amide bonds. The van der Waals surface area contributed by atoms with Crippen molar-refractivity contribution < 1.29 is 19.1 Å². The van der Waals surface area contributed by atoms with Crippen LogP contribution in [0, 0.1) is 0 Å². The van der Waals surface area contributed by atoms with Crippen LogP contribution in [0.5, 0.6) is 0 Å². The normalized spacial score (nSPS) is 17.2. The molecular formula is C17H12Cl2N2O4. The molecule has 1 atom stereocenters. The average Bonchev–Trinajstić information content (AvgIpc) is 2.82. The molecule has 25 heavy (non-hydrogen) atoms. The topological polar surface area (TPSA) is 66.9 Å². The van der Waals surface area contributed by atoms with E-state index in [1.807, 2.05) is 0 Å². The Morgan fingerprint density at radius 3 is 2.36 bits per heavy atom. The van der Waals surface area contributed by atoms with Crippen LogP contribution in [0.25, 0.3) is 0 Å². The van der Waals surface area contributed by atoms with Gasteiger partial charge < -0.3 is 4.74 Å². The molecule has 0 unspecified atom stereocenters. The van der Waals surface area contributed by atoms with Gasteiger partial charge in [0.2, 0.25) is 0 Å². The molecule has 128 valence electrons. The number of carbonyl (C=O) groups is 3. The van der Waals surface area contributed by atoms with Crippen LogP contribution in [0.4, 0.5) is 10.5 Å². The van der Waals surface area contributed by atoms with Gasteiger partial charge in [-0.1, -0.05) is 41.4 Å². The maximum Gasteiger partial charge on any atom is 0.340 e. The molecule has 0 bridgehead atoms. The molecule has 1 aliphatic rings. The molecule has 1 heterocycles. The zero-order valence-corrected chi connectivity index (χ0v) is 14.5. The van der Waals surface area contributed by atoms with E-state index in [2.05, 4.69) is 0 Å². The first-order valence-electron chi connectivity index (χ1n) is 7.22. The van der Waals surface area contributed by atoms with Gasteiger partial charge in [0.05, 0.1) is 21.3 Å². The lowest BCUT2D eigenvalue weighted by Crippen LogP contribution is -2.39. The van der Waals surface area contributed by atoms with Gasteiger partial charge in [0.25, 0.3) is 12.1 Å². The molecular weight excluding hydrogens is 367 g/mol. The van der Waals surface area contributed by atoms with Crippen molar-refractivity contribution >= 4 is 46.8 Å². The molecule has 1 aliphatic heterocycles. The highest BCUT2D eigenvalue weighted by Crippen LogP contribution is 2.31. The monoisotopic (exact) mass is 378 g/mol. The van der Waals surface area contributed by atoms with E-state index in [9.17, 15) is 14.4 Å². The van der Waals surface area contributed by atoms with Crippen LogP contribution >= 0.6 is 23.2 Å². The van der Waals surface area contributed by atoms with Gasteiger partial charge in [-0.2, -0.15) is 0 Å². The van der Waals surface area contributed by atoms with Crippen molar-refractivity contribution in [3.8, 4) is 0 Å².